The molecule has 0 N–H and O–H groups in total. The van der Waals surface area contributed by atoms with E-state index in [0.717, 1.165) is 12.5 Å². The summed E-state index contributed by atoms with van der Waals surface area (Å²) >= 11 is 0. The van der Waals surface area contributed by atoms with Gasteiger partial charge >= 0.3 is 0 Å². The summed E-state index contributed by atoms with van der Waals surface area (Å²) < 4.78 is 0. The topological polar surface area (TPSA) is 29.0 Å². The highest BCUT2D eigenvalue weighted by atomic mass is 15.3. The molecule has 1 aromatic heterocycles. The lowest BCUT2D eigenvalue weighted by Crippen LogP contribution is -2.31. The summed E-state index contributed by atoms with van der Waals surface area (Å²) in [5.74, 6) is 0.784. The third kappa shape index (κ3) is 3.03. The normalized spacial score (nSPS) is 10.5. The fourth-order valence-electron chi connectivity index (χ4n) is 1.70. The molecule has 1 heterocycles. The Morgan fingerprint density at radius 3 is 2.24 bits per heavy atom. The molecule has 88 valence electrons. The van der Waals surface area contributed by atoms with Gasteiger partial charge in [-0.05, 0) is 25.5 Å². The Kier molecular flexibility index (Phi) is 3.70. The van der Waals surface area contributed by atoms with Gasteiger partial charge in [0.1, 0.15) is 0 Å². The van der Waals surface area contributed by atoms with Gasteiger partial charge in [-0.15, -0.1) is 0 Å². The van der Waals surface area contributed by atoms with Gasteiger partial charge < -0.3 is 4.90 Å². The second-order valence-electron chi connectivity index (χ2n) is 4.26. The molecule has 0 unspecified atom stereocenters. The molecule has 0 atom stereocenters. The minimum absolute atomic E-state index is 0.373. The van der Waals surface area contributed by atoms with Crippen molar-refractivity contribution in [1.29, 1.82) is 0 Å². The lowest BCUT2D eigenvalue weighted by molar-refractivity contribution is 0.660. The average molecular weight is 227 g/mol. The van der Waals surface area contributed by atoms with Crippen LogP contribution in [0.4, 0.5) is 5.95 Å². The first-order chi connectivity index (χ1) is 8.27. The van der Waals surface area contributed by atoms with E-state index in [1.165, 1.54) is 5.56 Å². The van der Waals surface area contributed by atoms with E-state index in [1.807, 2.05) is 12.1 Å². The van der Waals surface area contributed by atoms with E-state index in [0.29, 0.717) is 6.04 Å². The minimum Gasteiger partial charge on any atom is -0.334 e. The van der Waals surface area contributed by atoms with Crippen molar-refractivity contribution in [3.63, 3.8) is 0 Å². The van der Waals surface area contributed by atoms with Crippen molar-refractivity contribution in [2.45, 2.75) is 26.4 Å². The predicted molar refractivity (Wildman–Crippen MR) is 69.8 cm³/mol. The van der Waals surface area contributed by atoms with Gasteiger partial charge in [0, 0.05) is 25.0 Å². The van der Waals surface area contributed by atoms with Crippen molar-refractivity contribution in [2.75, 3.05) is 4.90 Å². The number of hydrogen-bond donors (Lipinski definition) is 0. The van der Waals surface area contributed by atoms with Crippen LogP contribution in [0.25, 0.3) is 0 Å². The van der Waals surface area contributed by atoms with Crippen LogP contribution >= 0.6 is 0 Å². The molecule has 0 bridgehead atoms. The number of aromatic nitrogens is 2. The van der Waals surface area contributed by atoms with Gasteiger partial charge in [0.25, 0.3) is 0 Å². The first-order valence-corrected chi connectivity index (χ1v) is 5.85. The van der Waals surface area contributed by atoms with Crippen molar-refractivity contribution >= 4 is 5.95 Å². The monoisotopic (exact) mass is 227 g/mol. The van der Waals surface area contributed by atoms with Crippen LogP contribution in [0.15, 0.2) is 48.8 Å². The van der Waals surface area contributed by atoms with Crippen molar-refractivity contribution in [3.05, 3.63) is 54.4 Å². The third-order valence-electron chi connectivity index (χ3n) is 2.63. The smallest absolute Gasteiger partial charge is 0.225 e. The van der Waals surface area contributed by atoms with Crippen LogP contribution in [-0.2, 0) is 6.54 Å². The van der Waals surface area contributed by atoms with Crippen molar-refractivity contribution < 1.29 is 0 Å². The molecular formula is C14H17N3. The highest BCUT2D eigenvalue weighted by Gasteiger charge is 2.12. The molecule has 0 saturated heterocycles. The van der Waals surface area contributed by atoms with Crippen LogP contribution in [0.2, 0.25) is 0 Å². The summed E-state index contributed by atoms with van der Waals surface area (Å²) in [5, 5.41) is 0. The SMILES string of the molecule is CC(C)N(Cc1ccccc1)c1ncccn1. The molecule has 0 spiro atoms. The van der Waals surface area contributed by atoms with Gasteiger partial charge in [-0.25, -0.2) is 9.97 Å². The van der Waals surface area contributed by atoms with Crippen molar-refractivity contribution in [3.8, 4) is 0 Å². The average Bonchev–Trinajstić information content (AvgIpc) is 2.38. The summed E-state index contributed by atoms with van der Waals surface area (Å²) in [7, 11) is 0. The van der Waals surface area contributed by atoms with Gasteiger partial charge in [0.05, 0.1) is 0 Å². The maximum atomic E-state index is 4.31. The maximum Gasteiger partial charge on any atom is 0.225 e. The Morgan fingerprint density at radius 1 is 1.00 bits per heavy atom. The number of anilines is 1. The first-order valence-electron chi connectivity index (χ1n) is 5.85. The Hall–Kier alpha value is -1.90. The van der Waals surface area contributed by atoms with Gasteiger partial charge in [-0.3, -0.25) is 0 Å². The number of benzene rings is 1. The number of hydrogen-bond acceptors (Lipinski definition) is 3. The Labute approximate surface area is 102 Å². The summed E-state index contributed by atoms with van der Waals surface area (Å²) in [6.45, 7) is 5.14. The molecule has 0 aliphatic rings. The van der Waals surface area contributed by atoms with Crippen LogP contribution in [-0.4, -0.2) is 16.0 Å². The molecule has 0 amide bonds. The zero-order valence-corrected chi connectivity index (χ0v) is 10.2. The van der Waals surface area contributed by atoms with Crippen LogP contribution in [0.3, 0.4) is 0 Å². The summed E-state index contributed by atoms with van der Waals surface area (Å²) in [6, 6.07) is 12.6. The first kappa shape index (κ1) is 11.6. The van der Waals surface area contributed by atoms with E-state index >= 15 is 0 Å². The van der Waals surface area contributed by atoms with E-state index < -0.39 is 0 Å². The maximum absolute atomic E-state index is 4.31. The second kappa shape index (κ2) is 5.43. The van der Waals surface area contributed by atoms with Crippen LogP contribution in [0.1, 0.15) is 19.4 Å². The van der Waals surface area contributed by atoms with Crippen LogP contribution in [0, 0.1) is 0 Å². The zero-order valence-electron chi connectivity index (χ0n) is 10.2. The standard InChI is InChI=1S/C14H17N3/c1-12(2)17(14-15-9-6-10-16-14)11-13-7-4-3-5-8-13/h3-10,12H,11H2,1-2H3. The fraction of sp³-hybridized carbons (Fsp3) is 0.286. The van der Waals surface area contributed by atoms with E-state index in [4.69, 9.17) is 0 Å². The van der Waals surface area contributed by atoms with Crippen LogP contribution < -0.4 is 4.90 Å². The molecule has 0 aliphatic carbocycles. The highest BCUT2D eigenvalue weighted by molar-refractivity contribution is 5.32. The third-order valence-corrected chi connectivity index (χ3v) is 2.63. The van der Waals surface area contributed by atoms with Gasteiger partial charge in [0.2, 0.25) is 5.95 Å². The summed E-state index contributed by atoms with van der Waals surface area (Å²) in [6.07, 6.45) is 3.56. The molecule has 3 nitrogen and oxygen atoms in total. The van der Waals surface area contributed by atoms with E-state index in [9.17, 15) is 0 Å². The summed E-state index contributed by atoms with van der Waals surface area (Å²) in [5.41, 5.74) is 1.27. The largest absolute Gasteiger partial charge is 0.334 e. The second-order valence-corrected chi connectivity index (χ2v) is 4.26. The summed E-state index contributed by atoms with van der Waals surface area (Å²) in [4.78, 5) is 10.8. The lowest BCUT2D eigenvalue weighted by atomic mass is 10.2. The van der Waals surface area contributed by atoms with Gasteiger partial charge in [0.15, 0.2) is 0 Å². The Balaban J connectivity index is 2.20. The highest BCUT2D eigenvalue weighted by Crippen LogP contribution is 2.14. The Morgan fingerprint density at radius 2 is 1.65 bits per heavy atom. The number of rotatable bonds is 4. The van der Waals surface area contributed by atoms with Crippen molar-refractivity contribution in [1.82, 2.24) is 9.97 Å². The molecule has 0 fully saturated rings. The molecule has 17 heavy (non-hydrogen) atoms. The molecule has 0 radical (unpaired) electrons. The van der Waals surface area contributed by atoms with Crippen LogP contribution in [0.5, 0.6) is 0 Å². The van der Waals surface area contributed by atoms with E-state index in [2.05, 4.69) is 53.0 Å². The molecule has 3 heteroatoms. The van der Waals surface area contributed by atoms with Gasteiger partial charge in [-0.1, -0.05) is 30.3 Å². The van der Waals surface area contributed by atoms with Crippen molar-refractivity contribution in [2.24, 2.45) is 0 Å². The molecule has 0 saturated carbocycles. The number of nitrogens with zero attached hydrogens (tertiary/aromatic N) is 3. The van der Waals surface area contributed by atoms with Gasteiger partial charge in [-0.2, -0.15) is 0 Å². The minimum atomic E-state index is 0.373. The predicted octanol–water partition coefficient (Wildman–Crippen LogP) is 2.89. The molecule has 1 aromatic carbocycles. The molecule has 0 aliphatic heterocycles. The van der Waals surface area contributed by atoms with E-state index in [1.54, 1.807) is 12.4 Å². The fourth-order valence-corrected chi connectivity index (χ4v) is 1.70. The molecule has 2 aromatic rings. The zero-order chi connectivity index (χ0) is 12.1. The van der Waals surface area contributed by atoms with E-state index in [-0.39, 0.29) is 0 Å². The quantitative estimate of drug-likeness (QED) is 0.804. The lowest BCUT2D eigenvalue weighted by Gasteiger charge is -2.26. The Bertz CT molecular complexity index is 440. The molecular weight excluding hydrogens is 210 g/mol. The molecule has 2 rings (SSSR count).